The van der Waals surface area contributed by atoms with Gasteiger partial charge in [-0.1, -0.05) is 43.5 Å². The molecule has 0 aliphatic heterocycles. The number of carbonyl (C=O) groups excluding carboxylic acids is 2. The SMILES string of the molecule is CN(C)C(=O)c1ccc(C(Oc2ccc(-c3nc4cc(C(=O)O)ccc4n3C3CCCCC3)cc2)c2ccc(C(=O)N(C)C)cc2)cc1. The molecule has 0 radical (unpaired) electrons. The van der Waals surface area contributed by atoms with E-state index in [1.54, 1.807) is 74.4 Å². The summed E-state index contributed by atoms with van der Waals surface area (Å²) in [6.07, 6.45) is 5.13. The van der Waals surface area contributed by atoms with Gasteiger partial charge in [0, 0.05) is 50.9 Å². The van der Waals surface area contributed by atoms with Crippen LogP contribution in [0.2, 0.25) is 0 Å². The van der Waals surface area contributed by atoms with Crippen molar-refractivity contribution in [3.8, 4) is 17.1 Å². The lowest BCUT2D eigenvalue weighted by Crippen LogP contribution is -2.22. The number of hydrogen-bond acceptors (Lipinski definition) is 5. The minimum atomic E-state index is -0.973. The van der Waals surface area contributed by atoms with Gasteiger partial charge in [-0.2, -0.15) is 0 Å². The van der Waals surface area contributed by atoms with Gasteiger partial charge in [-0.25, -0.2) is 9.78 Å². The lowest BCUT2D eigenvalue weighted by atomic mass is 9.94. The van der Waals surface area contributed by atoms with E-state index in [-0.39, 0.29) is 17.4 Å². The summed E-state index contributed by atoms with van der Waals surface area (Å²) in [4.78, 5) is 44.8. The van der Waals surface area contributed by atoms with E-state index in [9.17, 15) is 19.5 Å². The van der Waals surface area contributed by atoms with Crippen LogP contribution in [0.3, 0.4) is 0 Å². The lowest BCUT2D eigenvalue weighted by Gasteiger charge is -2.26. The third-order valence-electron chi connectivity index (χ3n) is 8.98. The fourth-order valence-corrected chi connectivity index (χ4v) is 6.41. The summed E-state index contributed by atoms with van der Waals surface area (Å²) >= 11 is 0. The van der Waals surface area contributed by atoms with E-state index in [0.29, 0.717) is 28.4 Å². The van der Waals surface area contributed by atoms with Crippen molar-refractivity contribution in [2.24, 2.45) is 0 Å². The third-order valence-corrected chi connectivity index (χ3v) is 8.98. The summed E-state index contributed by atoms with van der Waals surface area (Å²) in [5.41, 5.74) is 5.61. The van der Waals surface area contributed by atoms with Crippen molar-refractivity contribution < 1.29 is 24.2 Å². The number of aromatic carboxylic acids is 1. The van der Waals surface area contributed by atoms with Crippen LogP contribution < -0.4 is 4.74 Å². The average Bonchev–Trinajstić information content (AvgIpc) is 3.49. The van der Waals surface area contributed by atoms with Gasteiger partial charge >= 0.3 is 5.97 Å². The van der Waals surface area contributed by atoms with Crippen LogP contribution in [0.25, 0.3) is 22.4 Å². The number of hydrogen-bond donors (Lipinski definition) is 1. The van der Waals surface area contributed by atoms with Gasteiger partial charge in [0.05, 0.1) is 16.6 Å². The second-order valence-corrected chi connectivity index (χ2v) is 12.8. The molecule has 1 aliphatic carbocycles. The van der Waals surface area contributed by atoms with Gasteiger partial charge in [0.2, 0.25) is 0 Å². The molecule has 6 rings (SSSR count). The molecule has 0 saturated heterocycles. The molecule has 1 saturated carbocycles. The number of imidazole rings is 1. The van der Waals surface area contributed by atoms with Crippen LogP contribution in [0.4, 0.5) is 0 Å². The quantitative estimate of drug-likeness (QED) is 0.178. The van der Waals surface area contributed by atoms with Crippen molar-refractivity contribution in [2.45, 2.75) is 44.2 Å². The average molecular weight is 645 g/mol. The van der Waals surface area contributed by atoms with E-state index in [1.165, 1.54) is 6.42 Å². The number of carbonyl (C=O) groups is 3. The molecule has 9 heteroatoms. The Morgan fingerprint density at radius 2 is 1.25 bits per heavy atom. The molecular formula is C39H40N4O5. The molecule has 246 valence electrons. The predicted octanol–water partition coefficient (Wildman–Crippen LogP) is 7.48. The Morgan fingerprint density at radius 3 is 1.75 bits per heavy atom. The lowest BCUT2D eigenvalue weighted by molar-refractivity contribution is 0.0696. The molecule has 1 heterocycles. The molecule has 5 aromatic rings. The highest BCUT2D eigenvalue weighted by atomic mass is 16.5. The molecule has 9 nitrogen and oxygen atoms in total. The van der Waals surface area contributed by atoms with Crippen molar-refractivity contribution in [3.05, 3.63) is 119 Å². The predicted molar refractivity (Wildman–Crippen MR) is 186 cm³/mol. The Hall–Kier alpha value is -5.44. The standard InChI is InChI=1S/C39H40N4O5/c1-41(2)37(44)28-14-10-25(11-15-28)35(26-12-16-29(17-13-26)38(45)42(3)4)48-32-21-18-27(19-22-32)36-40-33-24-30(39(46)47)20-23-34(33)43(36)31-8-6-5-7-9-31/h10-24,31,35H,5-9H2,1-4H3,(H,46,47). The fourth-order valence-electron chi connectivity index (χ4n) is 6.41. The molecule has 1 aliphatic rings. The minimum Gasteiger partial charge on any atom is -0.481 e. The van der Waals surface area contributed by atoms with Crippen LogP contribution in [0.5, 0.6) is 5.75 Å². The van der Waals surface area contributed by atoms with Crippen LogP contribution in [0.1, 0.15) is 86.5 Å². The molecule has 1 N–H and O–H groups in total. The molecular weight excluding hydrogens is 604 g/mol. The second kappa shape index (κ2) is 13.7. The first-order valence-electron chi connectivity index (χ1n) is 16.3. The Balaban J connectivity index is 1.34. The molecule has 4 aromatic carbocycles. The minimum absolute atomic E-state index is 0.0837. The molecule has 48 heavy (non-hydrogen) atoms. The number of benzene rings is 4. The summed E-state index contributed by atoms with van der Waals surface area (Å²) < 4.78 is 8.92. The van der Waals surface area contributed by atoms with E-state index in [4.69, 9.17) is 9.72 Å². The van der Waals surface area contributed by atoms with Gasteiger partial charge in [0.25, 0.3) is 11.8 Å². The molecule has 1 fully saturated rings. The fraction of sp³-hybridized carbons (Fsp3) is 0.282. The van der Waals surface area contributed by atoms with Gasteiger partial charge in [-0.3, -0.25) is 9.59 Å². The van der Waals surface area contributed by atoms with E-state index in [0.717, 1.165) is 53.7 Å². The molecule has 0 spiro atoms. The van der Waals surface area contributed by atoms with Gasteiger partial charge in [0.15, 0.2) is 0 Å². The van der Waals surface area contributed by atoms with Gasteiger partial charge < -0.3 is 24.2 Å². The zero-order chi connectivity index (χ0) is 33.9. The summed E-state index contributed by atoms with van der Waals surface area (Å²) in [6.45, 7) is 0. The summed E-state index contributed by atoms with van der Waals surface area (Å²) in [7, 11) is 6.89. The number of fused-ring (bicyclic) bond motifs is 1. The van der Waals surface area contributed by atoms with Crippen LogP contribution in [-0.4, -0.2) is 70.4 Å². The maximum Gasteiger partial charge on any atom is 0.335 e. The Labute approximate surface area is 280 Å². The number of amides is 2. The zero-order valence-corrected chi connectivity index (χ0v) is 27.7. The van der Waals surface area contributed by atoms with E-state index in [1.807, 2.05) is 54.6 Å². The zero-order valence-electron chi connectivity index (χ0n) is 27.7. The van der Waals surface area contributed by atoms with Crippen molar-refractivity contribution in [3.63, 3.8) is 0 Å². The number of carboxylic acid groups (broad SMARTS) is 1. The first-order valence-corrected chi connectivity index (χ1v) is 16.3. The van der Waals surface area contributed by atoms with Crippen LogP contribution in [-0.2, 0) is 0 Å². The van der Waals surface area contributed by atoms with Crippen LogP contribution in [0.15, 0.2) is 91.0 Å². The first kappa shape index (κ1) is 32.5. The number of ether oxygens (including phenoxy) is 1. The number of nitrogens with zero attached hydrogens (tertiary/aromatic N) is 4. The topological polar surface area (TPSA) is 105 Å². The highest BCUT2D eigenvalue weighted by molar-refractivity contribution is 5.95. The van der Waals surface area contributed by atoms with E-state index >= 15 is 0 Å². The van der Waals surface area contributed by atoms with E-state index in [2.05, 4.69) is 4.57 Å². The van der Waals surface area contributed by atoms with Crippen molar-refractivity contribution >= 4 is 28.8 Å². The van der Waals surface area contributed by atoms with Gasteiger partial charge in [-0.05, 0) is 90.7 Å². The Kier molecular flexibility index (Phi) is 9.30. The molecule has 0 bridgehead atoms. The van der Waals surface area contributed by atoms with Crippen LogP contribution >= 0.6 is 0 Å². The van der Waals surface area contributed by atoms with Gasteiger partial charge in [0.1, 0.15) is 17.7 Å². The largest absolute Gasteiger partial charge is 0.481 e. The monoisotopic (exact) mass is 644 g/mol. The van der Waals surface area contributed by atoms with Crippen molar-refractivity contribution in [2.75, 3.05) is 28.2 Å². The molecule has 0 unspecified atom stereocenters. The van der Waals surface area contributed by atoms with Gasteiger partial charge in [-0.15, -0.1) is 0 Å². The number of carboxylic acids is 1. The molecule has 2 amide bonds. The third kappa shape index (κ3) is 6.67. The van der Waals surface area contributed by atoms with Crippen LogP contribution in [0, 0.1) is 0 Å². The second-order valence-electron chi connectivity index (χ2n) is 12.8. The van der Waals surface area contributed by atoms with E-state index < -0.39 is 12.1 Å². The maximum atomic E-state index is 12.5. The summed E-state index contributed by atoms with van der Waals surface area (Å²) in [5, 5.41) is 9.59. The summed E-state index contributed by atoms with van der Waals surface area (Å²) in [5.74, 6) is 0.308. The molecule has 0 atom stereocenters. The highest BCUT2D eigenvalue weighted by Gasteiger charge is 2.24. The number of aromatic nitrogens is 2. The Morgan fingerprint density at radius 1 is 0.729 bits per heavy atom. The summed E-state index contributed by atoms with van der Waals surface area (Å²) in [6, 6.07) is 28.1. The highest BCUT2D eigenvalue weighted by Crippen LogP contribution is 2.37. The first-order chi connectivity index (χ1) is 23.1. The van der Waals surface area contributed by atoms with Crippen molar-refractivity contribution in [1.29, 1.82) is 0 Å². The maximum absolute atomic E-state index is 12.5. The number of rotatable bonds is 9. The van der Waals surface area contributed by atoms with Crippen molar-refractivity contribution in [1.82, 2.24) is 19.4 Å². The molecule has 1 aromatic heterocycles. The smallest absolute Gasteiger partial charge is 0.335 e. The normalized spacial score (nSPS) is 13.4. The Bertz CT molecular complexity index is 1870.